The molecule has 0 atom stereocenters. The summed E-state index contributed by atoms with van der Waals surface area (Å²) < 4.78 is 0. The molecule has 0 saturated carbocycles. The fourth-order valence-electron chi connectivity index (χ4n) is 1.88. The van der Waals surface area contributed by atoms with Crippen LogP contribution in [0, 0.1) is 13.8 Å². The second-order valence-electron chi connectivity index (χ2n) is 4.53. The molecule has 0 unspecified atom stereocenters. The number of carboxylic acid groups (broad SMARTS) is 1. The summed E-state index contributed by atoms with van der Waals surface area (Å²) in [5.74, 6) is -1.64. The third-order valence-electron chi connectivity index (χ3n) is 2.95. The molecule has 0 bridgehead atoms. The minimum atomic E-state index is -1.34. The molecular weight excluding hydrogens is 240 g/mol. The second-order valence-corrected chi connectivity index (χ2v) is 4.53. The highest BCUT2D eigenvalue weighted by molar-refractivity contribution is 6.14. The van der Waals surface area contributed by atoms with Crippen LogP contribution in [-0.2, 0) is 0 Å². The van der Waals surface area contributed by atoms with Gasteiger partial charge in [-0.1, -0.05) is 47.5 Å². The van der Waals surface area contributed by atoms with E-state index in [0.717, 1.165) is 11.1 Å². The molecule has 19 heavy (non-hydrogen) atoms. The van der Waals surface area contributed by atoms with Gasteiger partial charge in [0.1, 0.15) is 0 Å². The normalized spacial score (nSPS) is 10.2. The SMILES string of the molecule is Cc1ccc(C(=O)c2cc(C)ccc2C(=O)[O-])cc1. The molecule has 3 heteroatoms. The molecule has 2 rings (SSSR count). The topological polar surface area (TPSA) is 57.2 Å². The van der Waals surface area contributed by atoms with Gasteiger partial charge in [-0.15, -0.1) is 0 Å². The van der Waals surface area contributed by atoms with Gasteiger partial charge in [-0.05, 0) is 19.9 Å². The third kappa shape index (κ3) is 2.71. The Balaban J connectivity index is 2.51. The summed E-state index contributed by atoms with van der Waals surface area (Å²) in [6.45, 7) is 3.73. The van der Waals surface area contributed by atoms with Gasteiger partial charge in [-0.3, -0.25) is 4.79 Å². The Bertz CT molecular complexity index is 640. The number of rotatable bonds is 3. The zero-order valence-corrected chi connectivity index (χ0v) is 10.8. The number of carbonyl (C=O) groups excluding carboxylic acids is 2. The maximum absolute atomic E-state index is 12.3. The first-order valence-electron chi connectivity index (χ1n) is 5.92. The Morgan fingerprint density at radius 3 is 2.00 bits per heavy atom. The maximum atomic E-state index is 12.3. The maximum Gasteiger partial charge on any atom is 0.193 e. The average Bonchev–Trinajstić information content (AvgIpc) is 2.38. The second kappa shape index (κ2) is 5.06. The summed E-state index contributed by atoms with van der Waals surface area (Å²) >= 11 is 0. The van der Waals surface area contributed by atoms with Crippen LogP contribution in [-0.4, -0.2) is 11.8 Å². The molecule has 0 aliphatic heterocycles. The van der Waals surface area contributed by atoms with Crippen LogP contribution in [0.25, 0.3) is 0 Å². The number of ketones is 1. The zero-order chi connectivity index (χ0) is 14.0. The number of aromatic carboxylic acids is 1. The van der Waals surface area contributed by atoms with E-state index in [1.807, 2.05) is 26.0 Å². The monoisotopic (exact) mass is 253 g/mol. The van der Waals surface area contributed by atoms with Crippen molar-refractivity contribution in [2.24, 2.45) is 0 Å². The van der Waals surface area contributed by atoms with E-state index in [1.54, 1.807) is 24.3 Å². The van der Waals surface area contributed by atoms with Crippen LogP contribution in [0.1, 0.15) is 37.4 Å². The van der Waals surface area contributed by atoms with Crippen molar-refractivity contribution in [1.82, 2.24) is 0 Å². The van der Waals surface area contributed by atoms with E-state index in [4.69, 9.17) is 0 Å². The summed E-state index contributed by atoms with van der Waals surface area (Å²) in [4.78, 5) is 23.4. The van der Waals surface area contributed by atoms with Crippen LogP contribution in [0.5, 0.6) is 0 Å². The molecule has 0 N–H and O–H groups in total. The van der Waals surface area contributed by atoms with Gasteiger partial charge in [0.05, 0.1) is 5.97 Å². The van der Waals surface area contributed by atoms with Crippen molar-refractivity contribution in [3.63, 3.8) is 0 Å². The highest BCUT2D eigenvalue weighted by atomic mass is 16.4. The van der Waals surface area contributed by atoms with E-state index in [9.17, 15) is 14.7 Å². The average molecular weight is 253 g/mol. The smallest absolute Gasteiger partial charge is 0.193 e. The lowest BCUT2D eigenvalue weighted by Gasteiger charge is -2.10. The first kappa shape index (κ1) is 13.0. The Hall–Kier alpha value is -2.42. The first-order valence-corrected chi connectivity index (χ1v) is 5.92. The number of hydrogen-bond acceptors (Lipinski definition) is 3. The Labute approximate surface area is 111 Å². The van der Waals surface area contributed by atoms with Gasteiger partial charge in [-0.2, -0.15) is 0 Å². The minimum absolute atomic E-state index is 0.0730. The molecule has 3 nitrogen and oxygen atoms in total. The number of carboxylic acids is 1. The summed E-state index contributed by atoms with van der Waals surface area (Å²) in [6.07, 6.45) is 0. The minimum Gasteiger partial charge on any atom is -0.545 e. The summed E-state index contributed by atoms with van der Waals surface area (Å²) in [5, 5.41) is 11.1. The van der Waals surface area contributed by atoms with E-state index >= 15 is 0 Å². The number of aryl methyl sites for hydroxylation is 2. The zero-order valence-electron chi connectivity index (χ0n) is 10.8. The van der Waals surface area contributed by atoms with Crippen LogP contribution in [0.3, 0.4) is 0 Å². The van der Waals surface area contributed by atoms with Crippen LogP contribution < -0.4 is 5.11 Å². The van der Waals surface area contributed by atoms with Crippen molar-refractivity contribution in [2.75, 3.05) is 0 Å². The van der Waals surface area contributed by atoms with Gasteiger partial charge in [0.2, 0.25) is 0 Å². The third-order valence-corrected chi connectivity index (χ3v) is 2.95. The molecule has 0 spiro atoms. The lowest BCUT2D eigenvalue weighted by molar-refractivity contribution is -0.255. The number of hydrogen-bond donors (Lipinski definition) is 0. The van der Waals surface area contributed by atoms with E-state index in [0.29, 0.717) is 5.56 Å². The van der Waals surface area contributed by atoms with Gasteiger partial charge >= 0.3 is 0 Å². The van der Waals surface area contributed by atoms with Gasteiger partial charge in [0.25, 0.3) is 0 Å². The molecule has 0 fully saturated rings. The lowest BCUT2D eigenvalue weighted by atomic mass is 9.96. The van der Waals surface area contributed by atoms with Gasteiger partial charge in [0, 0.05) is 16.7 Å². The van der Waals surface area contributed by atoms with E-state index in [1.165, 1.54) is 6.07 Å². The van der Waals surface area contributed by atoms with Gasteiger partial charge in [0.15, 0.2) is 5.78 Å². The highest BCUT2D eigenvalue weighted by Crippen LogP contribution is 2.16. The van der Waals surface area contributed by atoms with E-state index in [2.05, 4.69) is 0 Å². The van der Waals surface area contributed by atoms with Crippen LogP contribution >= 0.6 is 0 Å². The van der Waals surface area contributed by atoms with Crippen molar-refractivity contribution in [3.05, 3.63) is 70.3 Å². The van der Waals surface area contributed by atoms with Crippen LogP contribution in [0.15, 0.2) is 42.5 Å². The molecule has 0 radical (unpaired) electrons. The summed E-state index contributed by atoms with van der Waals surface area (Å²) in [5.41, 5.74) is 2.44. The Morgan fingerprint density at radius 1 is 0.842 bits per heavy atom. The fourth-order valence-corrected chi connectivity index (χ4v) is 1.88. The molecule has 0 heterocycles. The predicted octanol–water partition coefficient (Wildman–Crippen LogP) is 1.90. The van der Waals surface area contributed by atoms with Gasteiger partial charge in [-0.25, -0.2) is 0 Å². The van der Waals surface area contributed by atoms with Crippen molar-refractivity contribution in [1.29, 1.82) is 0 Å². The first-order chi connectivity index (χ1) is 8.99. The molecule has 0 amide bonds. The molecule has 0 aliphatic rings. The van der Waals surface area contributed by atoms with Crippen molar-refractivity contribution >= 4 is 11.8 Å². The summed E-state index contributed by atoms with van der Waals surface area (Å²) in [6, 6.07) is 11.7. The standard InChI is InChI=1S/C16H14O3/c1-10-3-6-12(7-4-10)15(17)14-9-11(2)5-8-13(14)16(18)19/h3-9H,1-2H3,(H,18,19)/p-1. The van der Waals surface area contributed by atoms with Crippen molar-refractivity contribution in [3.8, 4) is 0 Å². The quantitative estimate of drug-likeness (QED) is 0.785. The fraction of sp³-hybridized carbons (Fsp3) is 0.125. The molecule has 0 saturated heterocycles. The lowest BCUT2D eigenvalue weighted by Crippen LogP contribution is -2.25. The van der Waals surface area contributed by atoms with Crippen LogP contribution in [0.4, 0.5) is 0 Å². The molecule has 0 aromatic heterocycles. The highest BCUT2D eigenvalue weighted by Gasteiger charge is 2.14. The number of carbonyl (C=O) groups is 2. The van der Waals surface area contributed by atoms with Gasteiger partial charge < -0.3 is 9.90 Å². The summed E-state index contributed by atoms with van der Waals surface area (Å²) in [7, 11) is 0. The largest absolute Gasteiger partial charge is 0.545 e. The van der Waals surface area contributed by atoms with Crippen LogP contribution in [0.2, 0.25) is 0 Å². The molecule has 0 aliphatic carbocycles. The van der Waals surface area contributed by atoms with E-state index in [-0.39, 0.29) is 16.9 Å². The number of benzene rings is 2. The molecule has 2 aromatic carbocycles. The van der Waals surface area contributed by atoms with Crippen molar-refractivity contribution < 1.29 is 14.7 Å². The molecule has 2 aromatic rings. The molecule has 96 valence electrons. The predicted molar refractivity (Wildman–Crippen MR) is 70.1 cm³/mol. The Kier molecular flexibility index (Phi) is 3.47. The Morgan fingerprint density at radius 2 is 1.42 bits per heavy atom. The molecular formula is C16H13O3-. The van der Waals surface area contributed by atoms with Crippen molar-refractivity contribution in [2.45, 2.75) is 13.8 Å². The van der Waals surface area contributed by atoms with E-state index < -0.39 is 5.97 Å².